The molecule has 3 heteroatoms. The number of carbonyl (C=O) groups excluding carboxylic acids is 1. The summed E-state index contributed by atoms with van der Waals surface area (Å²) in [6.07, 6.45) is 5.87. The Kier molecular flexibility index (Phi) is 2.34. The van der Waals surface area contributed by atoms with Gasteiger partial charge >= 0.3 is 0 Å². The molecule has 0 saturated carbocycles. The van der Waals surface area contributed by atoms with E-state index in [1.165, 1.54) is 0 Å². The Morgan fingerprint density at radius 1 is 1.53 bits per heavy atom. The molecule has 1 atom stereocenters. The lowest BCUT2D eigenvalue weighted by Crippen LogP contribution is -2.13. The number of nitrogens with one attached hydrogen (secondary N) is 1. The van der Waals surface area contributed by atoms with Crippen LogP contribution >= 0.6 is 0 Å². The van der Waals surface area contributed by atoms with Crippen molar-refractivity contribution in [2.45, 2.75) is 12.3 Å². The number of anilines is 1. The van der Waals surface area contributed by atoms with E-state index in [1.807, 2.05) is 12.1 Å². The van der Waals surface area contributed by atoms with Crippen LogP contribution in [0.4, 0.5) is 5.69 Å². The van der Waals surface area contributed by atoms with E-state index in [0.717, 1.165) is 5.56 Å². The molecule has 1 saturated heterocycles. The van der Waals surface area contributed by atoms with E-state index in [4.69, 9.17) is 12.2 Å². The third kappa shape index (κ3) is 1.79. The maximum atomic E-state index is 11.1. The summed E-state index contributed by atoms with van der Waals surface area (Å²) in [5.74, 6) is 2.86. The lowest BCUT2D eigenvalue weighted by Gasteiger charge is -2.09. The molecule has 1 aliphatic rings. The third-order valence-electron chi connectivity index (χ3n) is 2.68. The highest BCUT2D eigenvalue weighted by atomic mass is 16.1. The Bertz CT molecular complexity index is 445. The number of benzene rings is 1. The van der Waals surface area contributed by atoms with Crippen LogP contribution in [0.3, 0.4) is 0 Å². The number of terminal acetylenes is 1. The van der Waals surface area contributed by atoms with E-state index in [1.54, 1.807) is 6.07 Å². The van der Waals surface area contributed by atoms with Crippen LogP contribution in [0.25, 0.3) is 0 Å². The third-order valence-corrected chi connectivity index (χ3v) is 2.68. The molecule has 3 N–H and O–H groups in total. The second-order valence-corrected chi connectivity index (χ2v) is 3.70. The van der Waals surface area contributed by atoms with Crippen molar-refractivity contribution in [1.29, 1.82) is 0 Å². The average Bonchev–Trinajstić information content (AvgIpc) is 2.66. The van der Waals surface area contributed by atoms with Crippen molar-refractivity contribution in [2.24, 2.45) is 0 Å². The summed E-state index contributed by atoms with van der Waals surface area (Å²) in [7, 11) is 0. The van der Waals surface area contributed by atoms with Crippen molar-refractivity contribution < 1.29 is 4.79 Å². The maximum Gasteiger partial charge on any atom is 0.220 e. The Hall–Kier alpha value is -1.95. The van der Waals surface area contributed by atoms with Crippen molar-refractivity contribution in [1.82, 2.24) is 5.32 Å². The van der Waals surface area contributed by atoms with Crippen LogP contribution in [0.5, 0.6) is 0 Å². The zero-order chi connectivity index (χ0) is 10.8. The van der Waals surface area contributed by atoms with Crippen molar-refractivity contribution in [3.05, 3.63) is 29.3 Å². The lowest BCUT2D eigenvalue weighted by atomic mass is 9.96. The van der Waals surface area contributed by atoms with Gasteiger partial charge in [-0.1, -0.05) is 12.0 Å². The number of amides is 1. The summed E-state index contributed by atoms with van der Waals surface area (Å²) in [6, 6.07) is 5.62. The van der Waals surface area contributed by atoms with E-state index in [2.05, 4.69) is 11.2 Å². The van der Waals surface area contributed by atoms with Crippen molar-refractivity contribution in [3.63, 3.8) is 0 Å². The number of carbonyl (C=O) groups is 1. The molecule has 1 amide bonds. The highest BCUT2D eigenvalue weighted by molar-refractivity contribution is 5.79. The van der Waals surface area contributed by atoms with Gasteiger partial charge in [-0.05, 0) is 17.7 Å². The highest BCUT2D eigenvalue weighted by Crippen LogP contribution is 2.25. The monoisotopic (exact) mass is 200 g/mol. The van der Waals surface area contributed by atoms with E-state index < -0.39 is 0 Å². The molecule has 2 rings (SSSR count). The van der Waals surface area contributed by atoms with Gasteiger partial charge in [0.2, 0.25) is 5.91 Å². The Morgan fingerprint density at radius 2 is 2.33 bits per heavy atom. The molecule has 1 aromatic rings. The molecule has 0 unspecified atom stereocenters. The summed E-state index contributed by atoms with van der Waals surface area (Å²) >= 11 is 0. The summed E-state index contributed by atoms with van der Waals surface area (Å²) in [4.78, 5) is 11.1. The van der Waals surface area contributed by atoms with Crippen LogP contribution < -0.4 is 11.1 Å². The van der Waals surface area contributed by atoms with Gasteiger partial charge in [0.1, 0.15) is 0 Å². The number of rotatable bonds is 1. The summed E-state index contributed by atoms with van der Waals surface area (Å²) in [5, 5.41) is 2.80. The van der Waals surface area contributed by atoms with E-state index in [0.29, 0.717) is 24.2 Å². The van der Waals surface area contributed by atoms with Crippen LogP contribution in [0.2, 0.25) is 0 Å². The lowest BCUT2D eigenvalue weighted by molar-refractivity contribution is -0.119. The minimum atomic E-state index is 0.0964. The molecule has 0 aliphatic carbocycles. The standard InChI is InChI=1S/C12H12N2O/c1-2-8-5-9(3-4-11(8)13)10-6-12(15)14-7-10/h1,3-5,10H,6-7,13H2,(H,14,15)/t10-/m0/s1. The first-order valence-electron chi connectivity index (χ1n) is 4.83. The predicted molar refractivity (Wildman–Crippen MR) is 59.2 cm³/mol. The Balaban J connectivity index is 2.30. The molecule has 1 fully saturated rings. The molecule has 1 heterocycles. The minimum absolute atomic E-state index is 0.0964. The van der Waals surface area contributed by atoms with E-state index in [9.17, 15) is 4.79 Å². The van der Waals surface area contributed by atoms with Crippen LogP contribution in [-0.4, -0.2) is 12.5 Å². The molecular weight excluding hydrogens is 188 g/mol. The largest absolute Gasteiger partial charge is 0.398 e. The fourth-order valence-corrected chi connectivity index (χ4v) is 1.79. The van der Waals surface area contributed by atoms with Gasteiger partial charge in [0.15, 0.2) is 0 Å². The van der Waals surface area contributed by atoms with Gasteiger partial charge in [0.25, 0.3) is 0 Å². The SMILES string of the molecule is C#Cc1cc([C@@H]2CNC(=O)C2)ccc1N. The zero-order valence-electron chi connectivity index (χ0n) is 8.29. The second kappa shape index (κ2) is 3.66. The van der Waals surface area contributed by atoms with Crippen LogP contribution in [0, 0.1) is 12.3 Å². The van der Waals surface area contributed by atoms with Gasteiger partial charge in [-0.2, -0.15) is 0 Å². The molecule has 0 spiro atoms. The first-order valence-corrected chi connectivity index (χ1v) is 4.83. The molecule has 1 aromatic carbocycles. The first kappa shape index (κ1) is 9.60. The van der Waals surface area contributed by atoms with E-state index >= 15 is 0 Å². The normalized spacial score (nSPS) is 19.7. The average molecular weight is 200 g/mol. The molecule has 0 radical (unpaired) electrons. The number of nitrogens with two attached hydrogens (primary N) is 1. The molecule has 0 bridgehead atoms. The summed E-state index contributed by atoms with van der Waals surface area (Å²) in [5.41, 5.74) is 8.09. The van der Waals surface area contributed by atoms with Gasteiger partial charge < -0.3 is 11.1 Å². The van der Waals surface area contributed by atoms with Crippen molar-refractivity contribution in [2.75, 3.05) is 12.3 Å². The fraction of sp³-hybridized carbons (Fsp3) is 0.250. The van der Waals surface area contributed by atoms with Crippen LogP contribution in [0.1, 0.15) is 23.5 Å². The van der Waals surface area contributed by atoms with Crippen LogP contribution in [-0.2, 0) is 4.79 Å². The summed E-state index contributed by atoms with van der Waals surface area (Å²) in [6.45, 7) is 0.687. The molecule has 15 heavy (non-hydrogen) atoms. The number of nitrogen functional groups attached to an aromatic ring is 1. The highest BCUT2D eigenvalue weighted by Gasteiger charge is 2.23. The molecule has 0 aromatic heterocycles. The quantitative estimate of drug-likeness (QED) is 0.521. The van der Waals surface area contributed by atoms with Gasteiger partial charge in [-0.15, -0.1) is 6.42 Å². The minimum Gasteiger partial charge on any atom is -0.398 e. The second-order valence-electron chi connectivity index (χ2n) is 3.70. The smallest absolute Gasteiger partial charge is 0.220 e. The van der Waals surface area contributed by atoms with Crippen LogP contribution in [0.15, 0.2) is 18.2 Å². The molecule has 76 valence electrons. The zero-order valence-corrected chi connectivity index (χ0v) is 8.29. The van der Waals surface area contributed by atoms with Gasteiger partial charge in [0.05, 0.1) is 0 Å². The predicted octanol–water partition coefficient (Wildman–Crippen LogP) is 0.854. The number of hydrogen-bond acceptors (Lipinski definition) is 2. The topological polar surface area (TPSA) is 55.1 Å². The van der Waals surface area contributed by atoms with Gasteiger partial charge in [-0.3, -0.25) is 4.79 Å². The Morgan fingerprint density at radius 3 is 2.93 bits per heavy atom. The first-order chi connectivity index (χ1) is 7.20. The Labute approximate surface area is 88.7 Å². The number of hydrogen-bond donors (Lipinski definition) is 2. The summed E-state index contributed by atoms with van der Waals surface area (Å²) < 4.78 is 0. The van der Waals surface area contributed by atoms with Crippen molar-refractivity contribution >= 4 is 11.6 Å². The van der Waals surface area contributed by atoms with Gasteiger partial charge in [0, 0.05) is 30.1 Å². The molecule has 3 nitrogen and oxygen atoms in total. The molecule has 1 aliphatic heterocycles. The van der Waals surface area contributed by atoms with Gasteiger partial charge in [-0.25, -0.2) is 0 Å². The maximum absolute atomic E-state index is 11.1. The molecular formula is C12H12N2O. The van der Waals surface area contributed by atoms with E-state index in [-0.39, 0.29) is 11.8 Å². The fourth-order valence-electron chi connectivity index (χ4n) is 1.79. The van der Waals surface area contributed by atoms with Crippen molar-refractivity contribution in [3.8, 4) is 12.3 Å².